The van der Waals surface area contributed by atoms with Crippen molar-refractivity contribution in [1.29, 1.82) is 0 Å². The average molecular weight is 257 g/mol. The molecule has 1 aromatic heterocycles. The van der Waals surface area contributed by atoms with Gasteiger partial charge in [-0.25, -0.2) is 0 Å². The summed E-state index contributed by atoms with van der Waals surface area (Å²) in [6.07, 6.45) is 0. The van der Waals surface area contributed by atoms with Crippen molar-refractivity contribution >= 4 is 23.2 Å². The summed E-state index contributed by atoms with van der Waals surface area (Å²) >= 11 is 1.28. The number of hydrogen-bond acceptors (Lipinski definition) is 4. The van der Waals surface area contributed by atoms with Gasteiger partial charge in [-0.05, 0) is 11.4 Å². The molecule has 94 valence electrons. The first-order chi connectivity index (χ1) is 7.97. The van der Waals surface area contributed by atoms with Crippen LogP contribution in [0.2, 0.25) is 0 Å². The number of thiophene rings is 1. The molecule has 1 atom stereocenters. The van der Waals surface area contributed by atoms with Gasteiger partial charge >= 0.3 is 5.97 Å². The molecule has 1 amide bonds. The normalized spacial score (nSPS) is 11.9. The van der Waals surface area contributed by atoms with Gasteiger partial charge in [-0.1, -0.05) is 6.92 Å². The fraction of sp³-hybridized carbons (Fsp3) is 0.455. The van der Waals surface area contributed by atoms with Crippen molar-refractivity contribution in [2.45, 2.75) is 6.92 Å². The number of aliphatic carboxylic acids is 1. The van der Waals surface area contributed by atoms with E-state index < -0.39 is 11.9 Å². The lowest BCUT2D eigenvalue weighted by Gasteiger charge is -2.19. The molecule has 6 heteroatoms. The molecule has 0 aliphatic heterocycles. The van der Waals surface area contributed by atoms with Crippen molar-refractivity contribution in [2.75, 3.05) is 20.7 Å². The molecular formula is C11H15NO4S. The molecule has 0 saturated heterocycles. The van der Waals surface area contributed by atoms with E-state index in [4.69, 9.17) is 9.84 Å². The van der Waals surface area contributed by atoms with Crippen LogP contribution in [0.25, 0.3) is 0 Å². The van der Waals surface area contributed by atoms with E-state index in [2.05, 4.69) is 0 Å². The molecule has 1 heterocycles. The number of carboxylic acid groups (broad SMARTS) is 1. The lowest BCUT2D eigenvalue weighted by molar-refractivity contribution is -0.141. The molecule has 1 unspecified atom stereocenters. The van der Waals surface area contributed by atoms with Gasteiger partial charge in [-0.15, -0.1) is 11.3 Å². The monoisotopic (exact) mass is 257 g/mol. The predicted molar refractivity (Wildman–Crippen MR) is 64.6 cm³/mol. The van der Waals surface area contributed by atoms with Crippen LogP contribution in [-0.2, 0) is 4.79 Å². The van der Waals surface area contributed by atoms with E-state index in [0.29, 0.717) is 10.6 Å². The van der Waals surface area contributed by atoms with Crippen LogP contribution >= 0.6 is 11.3 Å². The van der Waals surface area contributed by atoms with Gasteiger partial charge in [-0.2, -0.15) is 0 Å². The SMILES string of the molecule is COc1ccsc1C(=O)N(C)CC(C)C(=O)O. The van der Waals surface area contributed by atoms with E-state index in [1.807, 2.05) is 0 Å². The van der Waals surface area contributed by atoms with E-state index >= 15 is 0 Å². The third-order valence-electron chi connectivity index (χ3n) is 2.36. The number of methoxy groups -OCH3 is 1. The maximum absolute atomic E-state index is 12.0. The Morgan fingerprint density at radius 1 is 1.59 bits per heavy atom. The Morgan fingerprint density at radius 2 is 2.24 bits per heavy atom. The first-order valence-corrected chi connectivity index (χ1v) is 5.95. The van der Waals surface area contributed by atoms with E-state index in [1.54, 1.807) is 25.4 Å². The quantitative estimate of drug-likeness (QED) is 0.869. The highest BCUT2D eigenvalue weighted by atomic mass is 32.1. The molecule has 1 N–H and O–H groups in total. The van der Waals surface area contributed by atoms with Crippen molar-refractivity contribution in [1.82, 2.24) is 4.90 Å². The Kier molecular flexibility index (Phi) is 4.51. The molecule has 0 spiro atoms. The minimum atomic E-state index is -0.914. The number of carboxylic acids is 1. The van der Waals surface area contributed by atoms with Crippen molar-refractivity contribution in [2.24, 2.45) is 5.92 Å². The van der Waals surface area contributed by atoms with E-state index in [0.717, 1.165) is 0 Å². The Balaban J connectivity index is 2.73. The summed E-state index contributed by atoms with van der Waals surface area (Å²) in [5, 5.41) is 10.5. The number of carbonyl (C=O) groups excluding carboxylic acids is 1. The highest BCUT2D eigenvalue weighted by Gasteiger charge is 2.21. The van der Waals surface area contributed by atoms with Crippen LogP contribution in [0.15, 0.2) is 11.4 Å². The molecule has 0 radical (unpaired) electrons. The second-order valence-electron chi connectivity index (χ2n) is 3.74. The van der Waals surface area contributed by atoms with E-state index in [9.17, 15) is 9.59 Å². The molecule has 0 aliphatic rings. The summed E-state index contributed by atoms with van der Waals surface area (Å²) in [4.78, 5) is 24.6. The maximum Gasteiger partial charge on any atom is 0.308 e. The van der Waals surface area contributed by atoms with Crippen LogP contribution in [0.4, 0.5) is 0 Å². The van der Waals surface area contributed by atoms with Crippen LogP contribution in [0.5, 0.6) is 5.75 Å². The largest absolute Gasteiger partial charge is 0.495 e. The summed E-state index contributed by atoms with van der Waals surface area (Å²) in [5.74, 6) is -1.20. The van der Waals surface area contributed by atoms with Crippen LogP contribution in [-0.4, -0.2) is 42.6 Å². The summed E-state index contributed by atoms with van der Waals surface area (Å²) in [6.45, 7) is 1.74. The van der Waals surface area contributed by atoms with Crippen LogP contribution in [0.1, 0.15) is 16.6 Å². The van der Waals surface area contributed by atoms with Gasteiger partial charge in [0.05, 0.1) is 13.0 Å². The van der Waals surface area contributed by atoms with Crippen molar-refractivity contribution in [3.05, 3.63) is 16.3 Å². The lowest BCUT2D eigenvalue weighted by Crippen LogP contribution is -2.33. The zero-order valence-corrected chi connectivity index (χ0v) is 10.8. The van der Waals surface area contributed by atoms with Gasteiger partial charge in [0, 0.05) is 13.6 Å². The third kappa shape index (κ3) is 3.20. The Hall–Kier alpha value is -1.56. The van der Waals surface area contributed by atoms with Gasteiger partial charge in [0.15, 0.2) is 0 Å². The molecular weight excluding hydrogens is 242 g/mol. The molecule has 5 nitrogen and oxygen atoms in total. The second kappa shape index (κ2) is 5.67. The molecule has 0 aliphatic carbocycles. The summed E-state index contributed by atoms with van der Waals surface area (Å²) in [7, 11) is 3.08. The zero-order valence-electron chi connectivity index (χ0n) is 9.97. The van der Waals surface area contributed by atoms with Crippen LogP contribution in [0.3, 0.4) is 0 Å². The number of amides is 1. The Labute approximate surface area is 104 Å². The Morgan fingerprint density at radius 3 is 2.76 bits per heavy atom. The smallest absolute Gasteiger partial charge is 0.308 e. The predicted octanol–water partition coefficient (Wildman–Crippen LogP) is 1.55. The van der Waals surface area contributed by atoms with Gasteiger partial charge < -0.3 is 14.7 Å². The minimum absolute atomic E-state index is 0.176. The lowest BCUT2D eigenvalue weighted by atomic mass is 10.2. The molecule has 0 bridgehead atoms. The standard InChI is InChI=1S/C11H15NO4S/c1-7(11(14)15)6-12(2)10(13)9-8(16-3)4-5-17-9/h4-5,7H,6H2,1-3H3,(H,14,15). The summed E-state index contributed by atoms with van der Waals surface area (Å²) in [6, 6.07) is 1.71. The van der Waals surface area contributed by atoms with Crippen LogP contribution < -0.4 is 4.74 Å². The topological polar surface area (TPSA) is 66.8 Å². The van der Waals surface area contributed by atoms with Gasteiger partial charge in [0.25, 0.3) is 5.91 Å². The molecule has 0 saturated carbocycles. The first kappa shape index (κ1) is 13.5. The fourth-order valence-corrected chi connectivity index (χ4v) is 2.21. The molecule has 1 rings (SSSR count). The second-order valence-corrected chi connectivity index (χ2v) is 4.66. The molecule has 0 aromatic carbocycles. The van der Waals surface area contributed by atoms with Crippen molar-refractivity contribution in [3.8, 4) is 5.75 Å². The highest BCUT2D eigenvalue weighted by molar-refractivity contribution is 7.12. The average Bonchev–Trinajstić information content (AvgIpc) is 2.75. The van der Waals surface area contributed by atoms with Gasteiger partial charge in [0.1, 0.15) is 10.6 Å². The number of nitrogens with zero attached hydrogens (tertiary/aromatic N) is 1. The zero-order chi connectivity index (χ0) is 13.0. The fourth-order valence-electron chi connectivity index (χ4n) is 1.36. The summed E-state index contributed by atoms with van der Waals surface area (Å²) < 4.78 is 5.06. The van der Waals surface area contributed by atoms with E-state index in [1.165, 1.54) is 23.3 Å². The summed E-state index contributed by atoms with van der Waals surface area (Å²) in [5.41, 5.74) is 0. The first-order valence-electron chi connectivity index (χ1n) is 5.07. The Bertz CT molecular complexity index is 415. The number of hydrogen-bond donors (Lipinski definition) is 1. The molecule has 0 fully saturated rings. The van der Waals surface area contributed by atoms with Crippen molar-refractivity contribution in [3.63, 3.8) is 0 Å². The number of carbonyl (C=O) groups is 2. The van der Waals surface area contributed by atoms with Gasteiger partial charge in [0.2, 0.25) is 0 Å². The minimum Gasteiger partial charge on any atom is -0.495 e. The van der Waals surface area contributed by atoms with Crippen molar-refractivity contribution < 1.29 is 19.4 Å². The third-order valence-corrected chi connectivity index (χ3v) is 3.24. The van der Waals surface area contributed by atoms with Crippen LogP contribution in [0, 0.1) is 5.92 Å². The van der Waals surface area contributed by atoms with Gasteiger partial charge in [-0.3, -0.25) is 9.59 Å². The van der Waals surface area contributed by atoms with E-state index in [-0.39, 0.29) is 12.5 Å². The molecule has 1 aromatic rings. The number of ether oxygens (including phenoxy) is 1. The molecule has 17 heavy (non-hydrogen) atoms. The maximum atomic E-state index is 12.0. The number of rotatable bonds is 5. The highest BCUT2D eigenvalue weighted by Crippen LogP contribution is 2.25.